The first-order valence-corrected chi connectivity index (χ1v) is 10.0. The molecule has 1 aromatic heterocycles. The third-order valence-corrected chi connectivity index (χ3v) is 5.79. The van der Waals surface area contributed by atoms with Gasteiger partial charge in [0.15, 0.2) is 0 Å². The van der Waals surface area contributed by atoms with E-state index in [1.54, 1.807) is 0 Å². The molecule has 0 aromatic carbocycles. The standard InChI is InChI=1S/C12H18IN3S.Al/c1-9-14-6-7-16(9)11-4-5-12(17(2)3)15-10(11)8-13;/h4-5,9H,6-8H2,1-3H3;/q;+1. The van der Waals surface area contributed by atoms with E-state index in [1.807, 2.05) is 0 Å². The number of alkyl halides is 1. The fraction of sp³-hybridized carbons (Fsp3) is 0.583. The molecule has 1 aliphatic heterocycles. The molecular formula is C12H18AlIN3S+. The van der Waals surface area contributed by atoms with Crippen molar-refractivity contribution in [1.29, 1.82) is 0 Å². The van der Waals surface area contributed by atoms with Crippen LogP contribution in [0.1, 0.15) is 12.6 Å². The van der Waals surface area contributed by atoms with Gasteiger partial charge in [0.05, 0.1) is 17.5 Å². The molecule has 1 fully saturated rings. The summed E-state index contributed by atoms with van der Waals surface area (Å²) < 4.78 is 3.27. The molecule has 1 aromatic rings. The summed E-state index contributed by atoms with van der Waals surface area (Å²) in [5.41, 5.74) is 2.53. The van der Waals surface area contributed by atoms with E-state index in [4.69, 9.17) is 4.98 Å². The lowest BCUT2D eigenvalue weighted by molar-refractivity contribution is 0.449. The quantitative estimate of drug-likeness (QED) is 0.340. The molecule has 2 radical (unpaired) electrons. The summed E-state index contributed by atoms with van der Waals surface area (Å²) in [6, 6.07) is 4.44. The molecule has 18 heavy (non-hydrogen) atoms. The maximum Gasteiger partial charge on any atom is 0.259 e. The van der Waals surface area contributed by atoms with Crippen LogP contribution in [0.3, 0.4) is 0 Å². The maximum atomic E-state index is 4.83. The minimum Gasteiger partial charge on any atom is -0.383 e. The fourth-order valence-corrected chi connectivity index (χ4v) is 3.63. The second-order valence-electron chi connectivity index (χ2n) is 4.63. The molecule has 0 spiro atoms. The van der Waals surface area contributed by atoms with Gasteiger partial charge in [-0.1, -0.05) is 22.6 Å². The Labute approximate surface area is 134 Å². The number of halogens is 1. The summed E-state index contributed by atoms with van der Waals surface area (Å²) >= 11 is 5.23. The maximum absolute atomic E-state index is 4.83. The van der Waals surface area contributed by atoms with E-state index in [2.05, 4.69) is 79.5 Å². The Kier molecular flexibility index (Phi) is 5.24. The SMILES string of the molecule is CC1[N]([Al])CCN1c1ccc([S+](C)C)nc1CI. The summed E-state index contributed by atoms with van der Waals surface area (Å²) in [4.78, 5) is 7.28. The minimum atomic E-state index is 0.236. The van der Waals surface area contributed by atoms with Crippen LogP contribution < -0.4 is 4.90 Å². The van der Waals surface area contributed by atoms with Gasteiger partial charge in [0.2, 0.25) is 5.03 Å². The fourth-order valence-electron chi connectivity index (χ4n) is 2.16. The van der Waals surface area contributed by atoms with Crippen LogP contribution in [0.25, 0.3) is 0 Å². The highest BCUT2D eigenvalue weighted by atomic mass is 127. The molecule has 6 heteroatoms. The second kappa shape index (κ2) is 6.31. The normalized spacial score (nSPS) is 20.9. The molecule has 0 N–H and O–H groups in total. The van der Waals surface area contributed by atoms with E-state index in [9.17, 15) is 0 Å². The van der Waals surface area contributed by atoms with Crippen molar-refractivity contribution in [2.45, 2.75) is 22.5 Å². The molecule has 2 rings (SSSR count). The molecule has 1 aliphatic rings. The Bertz CT molecular complexity index is 430. The summed E-state index contributed by atoms with van der Waals surface area (Å²) in [5.74, 6) is 0. The number of hydrogen-bond donors (Lipinski definition) is 0. The Hall–Kier alpha value is 0.522. The van der Waals surface area contributed by atoms with Gasteiger partial charge in [-0.05, 0) is 19.5 Å². The number of aromatic nitrogens is 1. The zero-order valence-electron chi connectivity index (χ0n) is 11.1. The summed E-state index contributed by atoms with van der Waals surface area (Å²) in [7, 11) is 0.236. The largest absolute Gasteiger partial charge is 0.383 e. The van der Waals surface area contributed by atoms with Gasteiger partial charge < -0.3 is 8.78 Å². The molecule has 0 amide bonds. The Morgan fingerprint density at radius 2 is 2.17 bits per heavy atom. The number of anilines is 1. The molecule has 0 bridgehead atoms. The van der Waals surface area contributed by atoms with Gasteiger partial charge in [-0.25, -0.2) is 4.98 Å². The molecule has 3 nitrogen and oxygen atoms in total. The number of hydrogen-bond acceptors (Lipinski definition) is 3. The zero-order valence-corrected chi connectivity index (χ0v) is 15.2. The second-order valence-corrected chi connectivity index (χ2v) is 8.11. The van der Waals surface area contributed by atoms with Crippen LogP contribution in [0.4, 0.5) is 5.69 Å². The number of nitrogens with zero attached hydrogens (tertiary/aromatic N) is 3. The monoisotopic (exact) mass is 390 g/mol. The van der Waals surface area contributed by atoms with Crippen molar-refractivity contribution in [3.8, 4) is 0 Å². The van der Waals surface area contributed by atoms with E-state index in [0.717, 1.165) is 17.5 Å². The van der Waals surface area contributed by atoms with Gasteiger partial charge >= 0.3 is 0 Å². The first kappa shape index (κ1) is 14.9. The Morgan fingerprint density at radius 1 is 1.44 bits per heavy atom. The van der Waals surface area contributed by atoms with Crippen LogP contribution in [-0.2, 0) is 15.3 Å². The van der Waals surface area contributed by atoms with Crippen LogP contribution in [0.5, 0.6) is 0 Å². The zero-order chi connectivity index (χ0) is 13.3. The van der Waals surface area contributed by atoms with Gasteiger partial charge in [0.1, 0.15) is 12.5 Å². The predicted molar refractivity (Wildman–Crippen MR) is 88.7 cm³/mol. The van der Waals surface area contributed by atoms with Crippen molar-refractivity contribution in [2.75, 3.05) is 30.5 Å². The number of pyridine rings is 1. The summed E-state index contributed by atoms with van der Waals surface area (Å²) in [5, 5.41) is 1.22. The van der Waals surface area contributed by atoms with E-state index < -0.39 is 0 Å². The number of rotatable bonds is 3. The van der Waals surface area contributed by atoms with Crippen LogP contribution in [0.2, 0.25) is 0 Å². The van der Waals surface area contributed by atoms with Gasteiger partial charge in [-0.15, -0.1) is 0 Å². The lowest BCUT2D eigenvalue weighted by Gasteiger charge is -2.28. The molecule has 2 heterocycles. The first-order chi connectivity index (χ1) is 8.54. The third kappa shape index (κ3) is 2.98. The van der Waals surface area contributed by atoms with Crippen LogP contribution in [0, 0.1) is 0 Å². The predicted octanol–water partition coefficient (Wildman–Crippen LogP) is 1.80. The summed E-state index contributed by atoms with van der Waals surface area (Å²) in [6.07, 6.45) is 4.88. The summed E-state index contributed by atoms with van der Waals surface area (Å²) in [6.45, 7) is 4.43. The lowest BCUT2D eigenvalue weighted by atomic mass is 10.2. The van der Waals surface area contributed by atoms with E-state index >= 15 is 0 Å². The average Bonchev–Trinajstić information content (AvgIpc) is 2.69. The molecule has 0 aliphatic carbocycles. The van der Waals surface area contributed by atoms with Crippen molar-refractivity contribution < 1.29 is 0 Å². The third-order valence-electron chi connectivity index (χ3n) is 3.31. The Morgan fingerprint density at radius 3 is 2.67 bits per heavy atom. The van der Waals surface area contributed by atoms with Crippen molar-refractivity contribution in [1.82, 2.24) is 8.87 Å². The first-order valence-electron chi connectivity index (χ1n) is 5.96. The van der Waals surface area contributed by atoms with Crippen molar-refractivity contribution in [3.05, 3.63) is 17.8 Å². The highest BCUT2D eigenvalue weighted by molar-refractivity contribution is 14.1. The van der Waals surface area contributed by atoms with Crippen molar-refractivity contribution in [3.63, 3.8) is 0 Å². The van der Waals surface area contributed by atoms with Crippen LogP contribution >= 0.6 is 22.6 Å². The average molecular weight is 390 g/mol. The highest BCUT2D eigenvalue weighted by Crippen LogP contribution is 2.28. The van der Waals surface area contributed by atoms with Crippen molar-refractivity contribution >= 4 is 55.7 Å². The van der Waals surface area contributed by atoms with Gasteiger partial charge in [-0.2, -0.15) is 0 Å². The van der Waals surface area contributed by atoms with Gasteiger partial charge in [-0.3, -0.25) is 0 Å². The topological polar surface area (TPSA) is 19.4 Å². The lowest BCUT2D eigenvalue weighted by Crippen LogP contribution is -2.35. The smallest absolute Gasteiger partial charge is 0.259 e. The van der Waals surface area contributed by atoms with Crippen LogP contribution in [0.15, 0.2) is 17.2 Å². The molecule has 1 saturated heterocycles. The molecule has 1 unspecified atom stereocenters. The van der Waals surface area contributed by atoms with E-state index in [0.29, 0.717) is 6.17 Å². The van der Waals surface area contributed by atoms with Crippen LogP contribution in [-0.4, -0.2) is 57.1 Å². The molecular weight excluding hydrogens is 372 g/mol. The minimum absolute atomic E-state index is 0.236. The van der Waals surface area contributed by atoms with Gasteiger partial charge in [0.25, 0.3) is 16.5 Å². The van der Waals surface area contributed by atoms with E-state index in [1.165, 1.54) is 16.4 Å². The molecule has 0 saturated carbocycles. The van der Waals surface area contributed by atoms with Crippen molar-refractivity contribution in [2.24, 2.45) is 0 Å². The molecule has 1 atom stereocenters. The Balaban J connectivity index is 2.33. The van der Waals surface area contributed by atoms with Gasteiger partial charge in [0, 0.05) is 27.9 Å². The van der Waals surface area contributed by atoms with E-state index in [-0.39, 0.29) is 10.9 Å². The highest BCUT2D eigenvalue weighted by Gasteiger charge is 2.27. The molecule has 96 valence electrons.